The number of H-pyrrole nitrogens is 1. The van der Waals surface area contributed by atoms with E-state index in [9.17, 15) is 0 Å². The van der Waals surface area contributed by atoms with Crippen molar-refractivity contribution in [3.05, 3.63) is 59.9 Å². The molecule has 1 saturated heterocycles. The van der Waals surface area contributed by atoms with Crippen LogP contribution in [0.25, 0.3) is 11.0 Å². The second-order valence-corrected chi connectivity index (χ2v) is 9.10. The molecule has 2 aliphatic rings. The van der Waals surface area contributed by atoms with Gasteiger partial charge in [0.05, 0.1) is 17.4 Å². The van der Waals surface area contributed by atoms with Crippen LogP contribution in [-0.2, 0) is 12.8 Å². The van der Waals surface area contributed by atoms with E-state index in [1.54, 1.807) is 0 Å². The minimum absolute atomic E-state index is 0.639. The highest BCUT2D eigenvalue weighted by Gasteiger charge is 2.26. The van der Waals surface area contributed by atoms with E-state index in [0.29, 0.717) is 6.04 Å². The normalized spacial score (nSPS) is 19.8. The molecule has 5 rings (SSSR count). The van der Waals surface area contributed by atoms with Crippen molar-refractivity contribution in [3.63, 3.8) is 0 Å². The van der Waals surface area contributed by atoms with Gasteiger partial charge in [0.25, 0.3) is 0 Å². The van der Waals surface area contributed by atoms with Gasteiger partial charge >= 0.3 is 0 Å². The lowest BCUT2D eigenvalue weighted by Crippen LogP contribution is -2.50. The number of fused-ring (bicyclic) bond motifs is 3. The van der Waals surface area contributed by atoms with Crippen LogP contribution in [0.15, 0.2) is 48.8 Å². The van der Waals surface area contributed by atoms with Crippen molar-refractivity contribution in [2.24, 2.45) is 0 Å². The van der Waals surface area contributed by atoms with Gasteiger partial charge in [0.15, 0.2) is 0 Å². The minimum atomic E-state index is 0.639. The molecule has 5 nitrogen and oxygen atoms in total. The van der Waals surface area contributed by atoms with E-state index in [-0.39, 0.29) is 0 Å². The van der Waals surface area contributed by atoms with Crippen LogP contribution in [0.4, 0.5) is 5.69 Å². The zero-order valence-corrected chi connectivity index (χ0v) is 18.8. The van der Waals surface area contributed by atoms with Crippen LogP contribution in [0.2, 0.25) is 0 Å². The second kappa shape index (κ2) is 9.41. The first-order valence-electron chi connectivity index (χ1n) is 12.0. The molecule has 1 aromatic heterocycles. The molecule has 0 spiro atoms. The van der Waals surface area contributed by atoms with E-state index in [4.69, 9.17) is 0 Å². The topological polar surface area (TPSA) is 38.4 Å². The smallest absolute Gasteiger partial charge is 0.0931 e. The fraction of sp³-hybridized carbons (Fsp3) is 0.500. The van der Waals surface area contributed by atoms with Gasteiger partial charge in [0, 0.05) is 51.0 Å². The Morgan fingerprint density at radius 1 is 1.03 bits per heavy atom. The Kier molecular flexibility index (Phi) is 6.23. The lowest BCUT2D eigenvalue weighted by Gasteiger charge is -2.39. The number of aromatic amines is 1. The van der Waals surface area contributed by atoms with Crippen molar-refractivity contribution in [3.8, 4) is 0 Å². The van der Waals surface area contributed by atoms with Gasteiger partial charge < -0.3 is 9.88 Å². The predicted octanol–water partition coefficient (Wildman–Crippen LogP) is 3.95. The standard InChI is InChI=1S/C26H35N5/c1-2-12-30(16-13-29-14-17-31(18-15-29)22-6-4-3-5-7-22)23-10-8-21-9-11-25-26(24(21)19-23)28-20-27-25/h3-7,9,11,20,23H,2,8,10,12-19H2,1H3,(H,27,28). The summed E-state index contributed by atoms with van der Waals surface area (Å²) in [5.41, 5.74) is 6.71. The maximum atomic E-state index is 4.64. The molecule has 164 valence electrons. The summed E-state index contributed by atoms with van der Waals surface area (Å²) < 4.78 is 0. The zero-order valence-electron chi connectivity index (χ0n) is 18.8. The second-order valence-electron chi connectivity index (χ2n) is 9.10. The molecule has 0 saturated carbocycles. The van der Waals surface area contributed by atoms with Crippen molar-refractivity contribution in [1.82, 2.24) is 19.8 Å². The maximum Gasteiger partial charge on any atom is 0.0931 e. The van der Waals surface area contributed by atoms with Crippen molar-refractivity contribution in [2.75, 3.05) is 50.7 Å². The van der Waals surface area contributed by atoms with E-state index in [0.717, 1.165) is 32.6 Å². The fourth-order valence-electron chi connectivity index (χ4n) is 5.44. The van der Waals surface area contributed by atoms with Gasteiger partial charge in [-0.1, -0.05) is 31.2 Å². The van der Waals surface area contributed by atoms with E-state index >= 15 is 0 Å². The van der Waals surface area contributed by atoms with Crippen molar-refractivity contribution >= 4 is 16.7 Å². The summed E-state index contributed by atoms with van der Waals surface area (Å²) in [6.07, 6.45) is 6.65. The number of aromatic nitrogens is 2. The van der Waals surface area contributed by atoms with Crippen molar-refractivity contribution in [2.45, 2.75) is 38.6 Å². The highest BCUT2D eigenvalue weighted by atomic mass is 15.3. The lowest BCUT2D eigenvalue weighted by molar-refractivity contribution is 0.146. The third-order valence-electron chi connectivity index (χ3n) is 7.20. The van der Waals surface area contributed by atoms with E-state index < -0.39 is 0 Å². The first-order valence-corrected chi connectivity index (χ1v) is 12.0. The van der Waals surface area contributed by atoms with Gasteiger partial charge in [-0.25, -0.2) is 4.98 Å². The molecule has 1 N–H and O–H groups in total. The number of nitrogens with zero attached hydrogens (tertiary/aromatic N) is 4. The van der Waals surface area contributed by atoms with Crippen LogP contribution >= 0.6 is 0 Å². The van der Waals surface area contributed by atoms with Gasteiger partial charge in [-0.15, -0.1) is 0 Å². The highest BCUT2D eigenvalue weighted by Crippen LogP contribution is 2.29. The zero-order chi connectivity index (χ0) is 21.0. The summed E-state index contributed by atoms with van der Waals surface area (Å²) in [6.45, 7) is 10.5. The number of para-hydroxylation sites is 1. The first-order chi connectivity index (χ1) is 15.3. The Balaban J connectivity index is 1.19. The SMILES string of the molecule is CCCN(CCN1CCN(c2ccccc2)CC1)C1CCc2ccc3[nH]cnc3c2C1. The maximum absolute atomic E-state index is 4.64. The first kappa shape index (κ1) is 20.5. The highest BCUT2D eigenvalue weighted by molar-refractivity contribution is 5.80. The summed E-state index contributed by atoms with van der Waals surface area (Å²) in [5, 5.41) is 0. The monoisotopic (exact) mass is 417 g/mol. The molecule has 5 heteroatoms. The van der Waals surface area contributed by atoms with E-state index in [2.05, 4.69) is 74.1 Å². The van der Waals surface area contributed by atoms with Crippen molar-refractivity contribution in [1.29, 1.82) is 0 Å². The largest absolute Gasteiger partial charge is 0.369 e. The van der Waals surface area contributed by atoms with Gasteiger partial charge in [-0.3, -0.25) is 9.80 Å². The molecule has 2 aromatic carbocycles. The summed E-state index contributed by atoms with van der Waals surface area (Å²) in [7, 11) is 0. The molecule has 1 atom stereocenters. The molecule has 0 radical (unpaired) electrons. The molecule has 0 bridgehead atoms. The number of imidazole rings is 1. The molecule has 31 heavy (non-hydrogen) atoms. The minimum Gasteiger partial charge on any atom is -0.369 e. The number of benzene rings is 2. The van der Waals surface area contributed by atoms with Crippen LogP contribution in [0.5, 0.6) is 0 Å². The Morgan fingerprint density at radius 3 is 2.68 bits per heavy atom. The average Bonchev–Trinajstić information content (AvgIpc) is 3.32. The molecular formula is C26H35N5. The summed E-state index contributed by atoms with van der Waals surface area (Å²) in [4.78, 5) is 15.9. The molecule has 0 amide bonds. The van der Waals surface area contributed by atoms with Crippen LogP contribution < -0.4 is 4.90 Å². The average molecular weight is 418 g/mol. The van der Waals surface area contributed by atoms with E-state index in [1.807, 2.05) is 6.33 Å². The number of aryl methyl sites for hydroxylation is 1. The van der Waals surface area contributed by atoms with Gasteiger partial charge in [-0.05, 0) is 61.6 Å². The number of piperazine rings is 1. The van der Waals surface area contributed by atoms with Crippen LogP contribution in [0.1, 0.15) is 30.9 Å². The summed E-state index contributed by atoms with van der Waals surface area (Å²) >= 11 is 0. The van der Waals surface area contributed by atoms with Crippen LogP contribution in [-0.4, -0.2) is 71.6 Å². The Hall–Kier alpha value is -2.37. The molecule has 2 heterocycles. The summed E-state index contributed by atoms with van der Waals surface area (Å²) in [5.74, 6) is 0. The van der Waals surface area contributed by atoms with Gasteiger partial charge in [0.1, 0.15) is 0 Å². The number of hydrogen-bond donors (Lipinski definition) is 1. The third kappa shape index (κ3) is 4.48. The van der Waals surface area contributed by atoms with E-state index in [1.165, 1.54) is 66.7 Å². The molecule has 1 unspecified atom stereocenters. The van der Waals surface area contributed by atoms with Crippen molar-refractivity contribution < 1.29 is 0 Å². The van der Waals surface area contributed by atoms with Crippen LogP contribution in [0, 0.1) is 0 Å². The van der Waals surface area contributed by atoms with Gasteiger partial charge in [0.2, 0.25) is 0 Å². The predicted molar refractivity (Wildman–Crippen MR) is 129 cm³/mol. The molecule has 1 aliphatic carbocycles. The van der Waals surface area contributed by atoms with Gasteiger partial charge in [-0.2, -0.15) is 0 Å². The number of nitrogens with one attached hydrogen (secondary N) is 1. The quantitative estimate of drug-likeness (QED) is 0.632. The lowest BCUT2D eigenvalue weighted by atomic mass is 9.86. The molecule has 3 aromatic rings. The third-order valence-corrected chi connectivity index (χ3v) is 7.20. The Bertz CT molecular complexity index is 974. The number of hydrogen-bond acceptors (Lipinski definition) is 4. The number of anilines is 1. The molecule has 1 aliphatic heterocycles. The fourth-order valence-corrected chi connectivity index (χ4v) is 5.44. The Labute approximate surface area is 186 Å². The molecule has 1 fully saturated rings. The number of rotatable bonds is 7. The summed E-state index contributed by atoms with van der Waals surface area (Å²) in [6, 6.07) is 16.0. The molecular weight excluding hydrogens is 382 g/mol. The Morgan fingerprint density at radius 2 is 1.87 bits per heavy atom. The van der Waals surface area contributed by atoms with Crippen LogP contribution in [0.3, 0.4) is 0 Å².